The van der Waals surface area contributed by atoms with Gasteiger partial charge in [-0.25, -0.2) is 0 Å². The van der Waals surface area contributed by atoms with E-state index in [1.54, 1.807) is 0 Å². The number of rotatable bonds is 3. The number of Topliss-reactive ketones (excluding diaryl/α,β-unsaturated/α-hetero) is 1. The zero-order valence-corrected chi connectivity index (χ0v) is 12.0. The van der Waals surface area contributed by atoms with Crippen molar-refractivity contribution in [3.63, 3.8) is 0 Å². The fraction of sp³-hybridized carbons (Fsp3) is 0.562. The third-order valence-corrected chi connectivity index (χ3v) is 4.32. The lowest BCUT2D eigenvalue weighted by atomic mass is 9.79. The summed E-state index contributed by atoms with van der Waals surface area (Å²) in [5.41, 5.74) is 2.12. The van der Waals surface area contributed by atoms with Crippen molar-refractivity contribution < 1.29 is 4.79 Å². The molecule has 1 aromatic carbocycles. The molecule has 0 N–H and O–H groups in total. The zero-order valence-electron chi connectivity index (χ0n) is 11.2. The molecule has 0 radical (unpaired) electrons. The van der Waals surface area contributed by atoms with Crippen molar-refractivity contribution in [2.24, 2.45) is 11.8 Å². The van der Waals surface area contributed by atoms with Crippen LogP contribution in [0, 0.1) is 18.8 Å². The number of aryl methyl sites for hydroxylation is 1. The first-order valence-corrected chi connectivity index (χ1v) is 7.22. The van der Waals surface area contributed by atoms with Crippen LogP contribution in [0.15, 0.2) is 18.2 Å². The molecule has 0 bridgehead atoms. The second-order valence-electron chi connectivity index (χ2n) is 5.71. The van der Waals surface area contributed by atoms with E-state index in [9.17, 15) is 4.79 Å². The minimum absolute atomic E-state index is 0.256. The van der Waals surface area contributed by atoms with Gasteiger partial charge in [-0.1, -0.05) is 43.5 Å². The summed E-state index contributed by atoms with van der Waals surface area (Å²) in [6.07, 6.45) is 5.08. The molecule has 1 saturated carbocycles. The normalized spacial score (nSPS) is 23.9. The van der Waals surface area contributed by atoms with Gasteiger partial charge in [-0.3, -0.25) is 4.79 Å². The number of ketones is 1. The molecule has 1 aromatic rings. The molecule has 2 atom stereocenters. The van der Waals surface area contributed by atoms with Gasteiger partial charge in [-0.2, -0.15) is 0 Å². The van der Waals surface area contributed by atoms with Crippen LogP contribution in [0.3, 0.4) is 0 Å². The van der Waals surface area contributed by atoms with Gasteiger partial charge in [-0.15, -0.1) is 0 Å². The van der Waals surface area contributed by atoms with Gasteiger partial charge < -0.3 is 0 Å². The maximum Gasteiger partial charge on any atom is 0.140 e. The minimum Gasteiger partial charge on any atom is -0.299 e. The Morgan fingerprint density at radius 2 is 2.17 bits per heavy atom. The van der Waals surface area contributed by atoms with Crippen molar-refractivity contribution in [2.75, 3.05) is 0 Å². The molecule has 2 heteroatoms. The molecular weight excluding hydrogens is 244 g/mol. The first kappa shape index (κ1) is 13.6. The topological polar surface area (TPSA) is 17.1 Å². The maximum atomic E-state index is 12.3. The van der Waals surface area contributed by atoms with Crippen LogP contribution >= 0.6 is 11.6 Å². The highest BCUT2D eigenvalue weighted by Crippen LogP contribution is 2.30. The van der Waals surface area contributed by atoms with E-state index in [1.165, 1.54) is 12.8 Å². The smallest absolute Gasteiger partial charge is 0.140 e. The molecule has 1 nitrogen and oxygen atoms in total. The Morgan fingerprint density at radius 1 is 1.39 bits per heavy atom. The van der Waals surface area contributed by atoms with Crippen LogP contribution < -0.4 is 0 Å². The van der Waals surface area contributed by atoms with E-state index in [0.29, 0.717) is 18.1 Å². The number of halogens is 1. The average Bonchev–Trinajstić information content (AvgIpc) is 2.32. The fourth-order valence-corrected chi connectivity index (χ4v) is 3.16. The Kier molecular flexibility index (Phi) is 4.45. The first-order valence-electron chi connectivity index (χ1n) is 6.84. The number of benzene rings is 1. The summed E-state index contributed by atoms with van der Waals surface area (Å²) in [6, 6.07) is 5.95. The second kappa shape index (κ2) is 5.88. The van der Waals surface area contributed by atoms with Gasteiger partial charge in [0.25, 0.3) is 0 Å². The second-order valence-corrected chi connectivity index (χ2v) is 6.11. The third-order valence-electron chi connectivity index (χ3n) is 3.96. The molecule has 98 valence electrons. The van der Waals surface area contributed by atoms with Crippen molar-refractivity contribution in [3.8, 4) is 0 Å². The Labute approximate surface area is 115 Å². The molecule has 0 aliphatic heterocycles. The molecule has 0 amide bonds. The van der Waals surface area contributed by atoms with E-state index in [2.05, 4.69) is 6.92 Å². The van der Waals surface area contributed by atoms with Gasteiger partial charge in [0.05, 0.1) is 0 Å². The van der Waals surface area contributed by atoms with Gasteiger partial charge in [0.15, 0.2) is 0 Å². The summed E-state index contributed by atoms with van der Waals surface area (Å²) in [4.78, 5) is 12.3. The standard InChI is InChI=1S/C16H21ClO/c1-11-4-3-5-14(8-11)16(18)10-13-7-6-12(2)9-15(13)17/h6-7,9,11,14H,3-5,8,10H2,1-2H3. The highest BCUT2D eigenvalue weighted by Gasteiger charge is 2.25. The van der Waals surface area contributed by atoms with Crippen molar-refractivity contribution in [3.05, 3.63) is 34.3 Å². The summed E-state index contributed by atoms with van der Waals surface area (Å²) in [6.45, 7) is 4.26. The lowest BCUT2D eigenvalue weighted by molar-refractivity contribution is -0.123. The molecule has 0 spiro atoms. The molecule has 0 saturated heterocycles. The zero-order chi connectivity index (χ0) is 13.1. The predicted octanol–water partition coefficient (Wildman–Crippen LogP) is 4.59. The number of carbonyl (C=O) groups excluding carboxylic acids is 1. The lowest BCUT2D eigenvalue weighted by Gasteiger charge is -2.25. The largest absolute Gasteiger partial charge is 0.299 e. The quantitative estimate of drug-likeness (QED) is 0.781. The molecule has 2 unspecified atom stereocenters. The number of hydrogen-bond acceptors (Lipinski definition) is 1. The van der Waals surface area contributed by atoms with Crippen molar-refractivity contribution in [1.82, 2.24) is 0 Å². The Balaban J connectivity index is 2.02. The van der Waals surface area contributed by atoms with E-state index in [0.717, 1.165) is 29.0 Å². The van der Waals surface area contributed by atoms with Crippen LogP contribution in [0.4, 0.5) is 0 Å². The highest BCUT2D eigenvalue weighted by atomic mass is 35.5. The summed E-state index contributed by atoms with van der Waals surface area (Å²) < 4.78 is 0. The molecule has 1 fully saturated rings. The Morgan fingerprint density at radius 3 is 2.83 bits per heavy atom. The van der Waals surface area contributed by atoms with Crippen LogP contribution in [0.25, 0.3) is 0 Å². The van der Waals surface area contributed by atoms with E-state index in [4.69, 9.17) is 11.6 Å². The summed E-state index contributed by atoms with van der Waals surface area (Å²) in [5, 5.41) is 0.729. The van der Waals surface area contributed by atoms with Crippen LogP contribution in [0.2, 0.25) is 5.02 Å². The molecular formula is C16H21ClO. The lowest BCUT2D eigenvalue weighted by Crippen LogP contribution is -2.23. The molecule has 0 aromatic heterocycles. The SMILES string of the molecule is Cc1ccc(CC(=O)C2CCCC(C)C2)c(Cl)c1. The van der Waals surface area contributed by atoms with Gasteiger partial charge in [0, 0.05) is 17.4 Å². The van der Waals surface area contributed by atoms with E-state index in [1.807, 2.05) is 25.1 Å². The summed E-state index contributed by atoms with van der Waals surface area (Å²) >= 11 is 6.19. The summed E-state index contributed by atoms with van der Waals surface area (Å²) in [7, 11) is 0. The van der Waals surface area contributed by atoms with Crippen LogP contribution in [-0.4, -0.2) is 5.78 Å². The molecule has 0 heterocycles. The van der Waals surface area contributed by atoms with Gasteiger partial charge in [-0.05, 0) is 42.9 Å². The van der Waals surface area contributed by atoms with Gasteiger partial charge in [0.2, 0.25) is 0 Å². The minimum atomic E-state index is 0.256. The van der Waals surface area contributed by atoms with Crippen molar-refractivity contribution in [1.29, 1.82) is 0 Å². The molecule has 1 aliphatic carbocycles. The van der Waals surface area contributed by atoms with Crippen molar-refractivity contribution in [2.45, 2.75) is 46.0 Å². The van der Waals surface area contributed by atoms with Gasteiger partial charge in [0.1, 0.15) is 5.78 Å². The monoisotopic (exact) mass is 264 g/mol. The van der Waals surface area contributed by atoms with Crippen LogP contribution in [0.5, 0.6) is 0 Å². The number of carbonyl (C=O) groups is 1. The Bertz CT molecular complexity index is 439. The van der Waals surface area contributed by atoms with Crippen LogP contribution in [0.1, 0.15) is 43.7 Å². The highest BCUT2D eigenvalue weighted by molar-refractivity contribution is 6.31. The Hall–Kier alpha value is -0.820. The predicted molar refractivity (Wildman–Crippen MR) is 76.0 cm³/mol. The average molecular weight is 265 g/mol. The van der Waals surface area contributed by atoms with E-state index in [-0.39, 0.29) is 5.92 Å². The third kappa shape index (κ3) is 3.35. The number of hydrogen-bond donors (Lipinski definition) is 0. The summed E-state index contributed by atoms with van der Waals surface area (Å²) in [5.74, 6) is 1.32. The molecule has 1 aliphatic rings. The fourth-order valence-electron chi connectivity index (χ4n) is 2.85. The first-order chi connectivity index (χ1) is 8.56. The van der Waals surface area contributed by atoms with E-state index >= 15 is 0 Å². The maximum absolute atomic E-state index is 12.3. The van der Waals surface area contributed by atoms with E-state index < -0.39 is 0 Å². The molecule has 18 heavy (non-hydrogen) atoms. The van der Waals surface area contributed by atoms with Crippen molar-refractivity contribution >= 4 is 17.4 Å². The van der Waals surface area contributed by atoms with Crippen LogP contribution in [-0.2, 0) is 11.2 Å². The molecule has 2 rings (SSSR count). The van der Waals surface area contributed by atoms with Gasteiger partial charge >= 0.3 is 0 Å².